The van der Waals surface area contributed by atoms with Crippen molar-refractivity contribution in [3.8, 4) is 35.1 Å². The first-order valence-corrected chi connectivity index (χ1v) is 35.9. The Morgan fingerprint density at radius 2 is 0.910 bits per heavy atom. The number of methoxy groups -OCH3 is 4. The van der Waals surface area contributed by atoms with Gasteiger partial charge in [0.25, 0.3) is 0 Å². The molecule has 22 nitrogen and oxygen atoms in total. The third kappa shape index (κ3) is 18.5. The summed E-state index contributed by atoms with van der Waals surface area (Å²) in [6.45, 7) is 7.02. The first kappa shape index (κ1) is 74.2. The number of nitriles is 2. The molecule has 2 unspecified atom stereocenters. The molecule has 0 aromatic heterocycles. The predicted octanol–water partition coefficient (Wildman–Crippen LogP) is 11.2. The number of ether oxygens (including phenoxy) is 6. The number of nitrogen functional groups attached to an aromatic ring is 2. The van der Waals surface area contributed by atoms with Gasteiger partial charge in [0, 0.05) is 74.4 Å². The molecule has 2 amide bonds. The number of nitrogens with two attached hydrogens (primary N) is 2. The SMILES string of the molecule is COc1ccc(C2=NN(C3CCN(CCCCCCNCC(OC(=O)/C=C/C(=O)OC(CNCCCCCCN4CCC(N5N=C(c6ccc(OC)c(OC)c6)[C@H]6CC=CC[C@H]6C5=O)CC4)c4cc(Cl)c(N)c(C#N)c4)c4cc(Cl)c(N)c(C#N)c4)CC3)C(=O)[C@@H]3CC=CC[C@H]23)cc1OC. The molecule has 4 aromatic rings. The highest BCUT2D eigenvalue weighted by Crippen LogP contribution is 2.41. The van der Waals surface area contributed by atoms with E-state index in [2.05, 4.69) is 56.9 Å². The molecule has 10 rings (SSSR count). The topological polar surface area (TPSA) is 285 Å². The van der Waals surface area contributed by atoms with Crippen LogP contribution < -0.4 is 41.0 Å². The molecule has 0 saturated carbocycles. The monoisotopic (exact) mass is 1400 g/mol. The number of unbranched alkanes of at least 4 members (excludes halogenated alkanes) is 6. The molecule has 24 heteroatoms. The van der Waals surface area contributed by atoms with Crippen LogP contribution in [0.15, 0.2) is 107 Å². The lowest BCUT2D eigenvalue weighted by Gasteiger charge is -2.42. The number of nitrogens with one attached hydrogen (secondary N) is 2. The zero-order valence-electron chi connectivity index (χ0n) is 57.8. The fourth-order valence-corrected chi connectivity index (χ4v) is 15.0. The molecule has 0 bridgehead atoms. The second-order valence-corrected chi connectivity index (χ2v) is 27.3. The summed E-state index contributed by atoms with van der Waals surface area (Å²) in [6, 6.07) is 22.1. The van der Waals surface area contributed by atoms with Crippen molar-refractivity contribution in [3.63, 3.8) is 0 Å². The minimum absolute atomic E-state index is 0.0124. The van der Waals surface area contributed by atoms with E-state index in [0.717, 1.165) is 164 Å². The largest absolute Gasteiger partial charge is 0.493 e. The summed E-state index contributed by atoms with van der Waals surface area (Å²) < 4.78 is 34.1. The lowest BCUT2D eigenvalue weighted by molar-refractivity contribution is -0.146. The number of nitrogens with zero attached hydrogens (tertiary/aromatic N) is 8. The average molecular weight is 1410 g/mol. The number of rotatable bonds is 32. The Bertz CT molecular complexity index is 3550. The van der Waals surface area contributed by atoms with Crippen molar-refractivity contribution in [1.29, 1.82) is 10.5 Å². The summed E-state index contributed by atoms with van der Waals surface area (Å²) in [4.78, 5) is 60.1. The Balaban J connectivity index is 0.653. The van der Waals surface area contributed by atoms with E-state index in [1.54, 1.807) is 50.6 Å². The fraction of sp³-hybridized carbons (Fsp3) is 0.500. The van der Waals surface area contributed by atoms with Gasteiger partial charge in [0.15, 0.2) is 23.0 Å². The zero-order valence-corrected chi connectivity index (χ0v) is 59.3. The average Bonchev–Trinajstić information content (AvgIpc) is 0.770. The van der Waals surface area contributed by atoms with Gasteiger partial charge >= 0.3 is 11.9 Å². The molecule has 4 heterocycles. The van der Waals surface area contributed by atoms with Crippen molar-refractivity contribution in [3.05, 3.63) is 141 Å². The highest BCUT2D eigenvalue weighted by molar-refractivity contribution is 6.33. The fourth-order valence-electron chi connectivity index (χ4n) is 14.6. The van der Waals surface area contributed by atoms with Gasteiger partial charge in [0.05, 0.1) is 96.3 Å². The molecule has 2 saturated heterocycles. The molecule has 6 aliphatic rings. The number of piperidine rings is 2. The van der Waals surface area contributed by atoms with Crippen molar-refractivity contribution < 1.29 is 47.6 Å². The lowest BCUT2D eigenvalue weighted by Crippen LogP contribution is -2.52. The second kappa shape index (κ2) is 36.2. The molecule has 100 heavy (non-hydrogen) atoms. The number of likely N-dealkylation sites (tertiary alicyclic amines) is 2. The minimum Gasteiger partial charge on any atom is -0.493 e. The predicted molar refractivity (Wildman–Crippen MR) is 386 cm³/mol. The minimum atomic E-state index is -0.912. The summed E-state index contributed by atoms with van der Waals surface area (Å²) in [7, 11) is 6.48. The number of allylic oxidation sites excluding steroid dienone is 4. The van der Waals surface area contributed by atoms with E-state index in [1.807, 2.05) is 36.4 Å². The van der Waals surface area contributed by atoms with E-state index >= 15 is 0 Å². The van der Waals surface area contributed by atoms with E-state index in [1.165, 1.54) is 12.1 Å². The Labute approximate surface area is 597 Å². The molecule has 2 fully saturated rings. The summed E-state index contributed by atoms with van der Waals surface area (Å²) in [6.07, 6.45) is 22.7. The van der Waals surface area contributed by atoms with E-state index < -0.39 is 24.1 Å². The molecule has 2 aliphatic carbocycles. The van der Waals surface area contributed by atoms with Gasteiger partial charge in [-0.05, 0) is 175 Å². The number of esters is 2. The van der Waals surface area contributed by atoms with E-state index in [0.29, 0.717) is 60.1 Å². The van der Waals surface area contributed by atoms with Crippen molar-refractivity contribution >= 4 is 69.8 Å². The number of anilines is 2. The van der Waals surface area contributed by atoms with Crippen molar-refractivity contribution in [2.45, 2.75) is 127 Å². The van der Waals surface area contributed by atoms with Crippen LogP contribution >= 0.6 is 23.2 Å². The Hall–Kier alpha value is -8.48. The van der Waals surface area contributed by atoms with Crippen molar-refractivity contribution in [1.82, 2.24) is 30.5 Å². The van der Waals surface area contributed by atoms with Gasteiger partial charge < -0.3 is 60.3 Å². The summed E-state index contributed by atoms with van der Waals surface area (Å²) >= 11 is 13.0. The normalized spacial score (nSPS) is 20.4. The second-order valence-electron chi connectivity index (χ2n) is 26.5. The van der Waals surface area contributed by atoms with Crippen LogP contribution in [-0.2, 0) is 28.7 Å². The van der Waals surface area contributed by atoms with Crippen molar-refractivity contribution in [2.75, 3.05) is 105 Å². The third-order valence-electron chi connectivity index (χ3n) is 20.2. The first-order chi connectivity index (χ1) is 48.6. The van der Waals surface area contributed by atoms with E-state index in [-0.39, 0.29) is 93.2 Å². The molecule has 4 aliphatic heterocycles. The number of carbonyl (C=O) groups excluding carboxylic acids is 4. The van der Waals surface area contributed by atoms with Gasteiger partial charge in [-0.25, -0.2) is 19.6 Å². The molecule has 532 valence electrons. The number of halogens is 2. The number of fused-ring (bicyclic) bond motifs is 2. The van der Waals surface area contributed by atoms with E-state index in [9.17, 15) is 29.7 Å². The number of amides is 2. The summed E-state index contributed by atoms with van der Waals surface area (Å²) in [5.41, 5.74) is 17.3. The molecule has 6 atom stereocenters. The van der Waals surface area contributed by atoms with Crippen LogP contribution in [0, 0.1) is 46.3 Å². The summed E-state index contributed by atoms with van der Waals surface area (Å²) in [5, 5.41) is 40.6. The smallest absolute Gasteiger partial charge is 0.331 e. The van der Waals surface area contributed by atoms with Crippen LogP contribution in [0.2, 0.25) is 10.0 Å². The van der Waals surface area contributed by atoms with Crippen LogP contribution in [0.4, 0.5) is 11.4 Å². The number of hydrogen-bond acceptors (Lipinski definition) is 20. The van der Waals surface area contributed by atoms with Gasteiger partial charge in [0.1, 0.15) is 24.3 Å². The highest BCUT2D eigenvalue weighted by Gasteiger charge is 2.45. The maximum absolute atomic E-state index is 14.0. The van der Waals surface area contributed by atoms with Gasteiger partial charge in [-0.15, -0.1) is 0 Å². The van der Waals surface area contributed by atoms with E-state index in [4.69, 9.17) is 73.3 Å². The Morgan fingerprint density at radius 1 is 0.540 bits per heavy atom. The first-order valence-electron chi connectivity index (χ1n) is 35.1. The molecular formula is C76H94Cl2N12O10. The van der Waals surface area contributed by atoms with Gasteiger partial charge in [0.2, 0.25) is 11.8 Å². The molecular weight excluding hydrogens is 1310 g/mol. The van der Waals surface area contributed by atoms with Crippen molar-refractivity contribution in [2.24, 2.45) is 33.9 Å². The lowest BCUT2D eigenvalue weighted by atomic mass is 9.76. The quantitative estimate of drug-likeness (QED) is 0.0116. The maximum atomic E-state index is 14.0. The van der Waals surface area contributed by atoms with Gasteiger partial charge in [-0.3, -0.25) is 9.59 Å². The molecule has 0 radical (unpaired) electrons. The zero-order chi connectivity index (χ0) is 70.7. The van der Waals surface area contributed by atoms with Crippen LogP contribution in [0.1, 0.15) is 148 Å². The van der Waals surface area contributed by atoms with Crippen LogP contribution in [-0.4, -0.2) is 161 Å². The standard InChI is InChI=1S/C76H94Cl2N12O10/c1-95-63-23-21-49(43-65(63)97-3)73-57-17-9-11-19-59(57)75(93)89(85-73)55-27-35-87(36-28-55)33-15-7-5-13-31-83-47-67(51-39-53(45-79)71(81)61(77)41-51)99-69(91)25-26-70(92)100-68(52-40-54(46-80)72(82)62(78)42-52)48-84-32-14-6-8-16-34-88-37-29-56(30-38-88)90-76(94)60-20-12-10-18-58(60)74(86-90)50-22-24-64(96-2)66(44-50)98-4/h9-12,21-26,39-44,55-60,67-68,83-84H,5-8,13-20,27-38,47-48,81-82H2,1-4H3/b26-25+/t57-,58-,59+,60+,67?,68?/m0/s1. The maximum Gasteiger partial charge on any atom is 0.331 e. The van der Waals surface area contributed by atoms with Crippen LogP contribution in [0.3, 0.4) is 0 Å². The van der Waals surface area contributed by atoms with Gasteiger partial charge in [-0.1, -0.05) is 73.2 Å². The van der Waals surface area contributed by atoms with Crippen LogP contribution in [0.25, 0.3) is 0 Å². The molecule has 0 spiro atoms. The van der Waals surface area contributed by atoms with Gasteiger partial charge in [-0.2, -0.15) is 20.7 Å². The third-order valence-corrected chi connectivity index (χ3v) is 20.8. The summed E-state index contributed by atoms with van der Waals surface area (Å²) in [5.74, 6) is 0.834. The Morgan fingerprint density at radius 3 is 1.28 bits per heavy atom. The van der Waals surface area contributed by atoms with Crippen LogP contribution in [0.5, 0.6) is 23.0 Å². The highest BCUT2D eigenvalue weighted by atomic mass is 35.5. The number of hydrogen-bond donors (Lipinski definition) is 4. The number of hydrazone groups is 2. The molecule has 4 aromatic carbocycles. The number of benzene rings is 4. The number of carbonyl (C=O) groups is 4. The molecule has 6 N–H and O–H groups in total. The Kier molecular flexibility index (Phi) is 26.9.